The molecule has 1 aromatic heterocycles. The molecule has 1 saturated heterocycles. The number of carbonyl (C=O) groups excluding carboxylic acids is 2. The predicted octanol–water partition coefficient (Wildman–Crippen LogP) is 0.670. The molecule has 1 aromatic carbocycles. The Kier molecular flexibility index (Phi) is 7.68. The first-order valence-electron chi connectivity index (χ1n) is 10.3. The number of pyridine rings is 1. The lowest BCUT2D eigenvalue weighted by molar-refractivity contribution is -0.890. The van der Waals surface area contributed by atoms with Crippen LogP contribution in [-0.2, 0) is 22.4 Å². The summed E-state index contributed by atoms with van der Waals surface area (Å²) in [6.45, 7) is 0.776. The molecule has 0 aliphatic carbocycles. The van der Waals surface area contributed by atoms with Gasteiger partial charge in [-0.25, -0.2) is 13.2 Å². The molecule has 2 amide bonds. The van der Waals surface area contributed by atoms with Gasteiger partial charge in [0, 0.05) is 48.5 Å². The Balaban J connectivity index is 1.74. The van der Waals surface area contributed by atoms with Crippen molar-refractivity contribution in [2.24, 2.45) is 5.73 Å². The maximum Gasteiger partial charge on any atom is 0.243 e. The second-order valence-corrected chi connectivity index (χ2v) is 7.68. The van der Waals surface area contributed by atoms with Crippen LogP contribution in [0.15, 0.2) is 36.5 Å². The summed E-state index contributed by atoms with van der Waals surface area (Å²) in [5.74, 6) is -4.06. The van der Waals surface area contributed by atoms with Crippen molar-refractivity contribution >= 4 is 11.8 Å². The quantitative estimate of drug-likeness (QED) is 0.479. The highest BCUT2D eigenvalue weighted by Crippen LogP contribution is 2.17. The molecule has 1 fully saturated rings. The summed E-state index contributed by atoms with van der Waals surface area (Å²) in [4.78, 5) is 32.5. The number of nitrogens with zero attached hydrogens (tertiary/aromatic N) is 2. The zero-order chi connectivity index (χ0) is 23.3. The highest BCUT2D eigenvalue weighted by molar-refractivity contribution is 5.88. The molecule has 0 saturated carbocycles. The van der Waals surface area contributed by atoms with Gasteiger partial charge in [0.15, 0.2) is 11.6 Å². The van der Waals surface area contributed by atoms with Crippen LogP contribution in [0.25, 0.3) is 0 Å². The largest absolute Gasteiger partial charge is 0.354 e. The van der Waals surface area contributed by atoms with Crippen LogP contribution in [0.4, 0.5) is 13.2 Å². The summed E-state index contributed by atoms with van der Waals surface area (Å²) in [6, 6.07) is 4.96. The van der Waals surface area contributed by atoms with Crippen LogP contribution in [-0.4, -0.2) is 49.0 Å². The van der Waals surface area contributed by atoms with Gasteiger partial charge in [-0.3, -0.25) is 14.4 Å². The van der Waals surface area contributed by atoms with Crippen molar-refractivity contribution in [1.82, 2.24) is 10.2 Å². The zero-order valence-electron chi connectivity index (χ0n) is 17.7. The molecule has 1 aliphatic rings. The number of nitrogens with two attached hydrogens (primary N) is 1. The summed E-state index contributed by atoms with van der Waals surface area (Å²) in [5, 5.41) is 2.81. The first-order valence-corrected chi connectivity index (χ1v) is 10.3. The molecule has 32 heavy (non-hydrogen) atoms. The van der Waals surface area contributed by atoms with Crippen molar-refractivity contribution in [1.29, 1.82) is 0 Å². The topological polar surface area (TPSA) is 88.5 Å². The SMILES string of the molecule is CO[n+]1ccccc1C[C@@H]1C(=O)NCCCN1C(=O)C[C@H](N)Cc1cc(F)c(F)cc1F. The number of halogens is 3. The van der Waals surface area contributed by atoms with Crippen molar-refractivity contribution in [2.75, 3.05) is 20.2 Å². The minimum atomic E-state index is -1.29. The van der Waals surface area contributed by atoms with Gasteiger partial charge in [-0.2, -0.15) is 0 Å². The number of hydrogen-bond acceptors (Lipinski definition) is 4. The van der Waals surface area contributed by atoms with Crippen LogP contribution in [0.1, 0.15) is 24.1 Å². The summed E-state index contributed by atoms with van der Waals surface area (Å²) < 4.78 is 42.1. The second-order valence-electron chi connectivity index (χ2n) is 7.68. The fourth-order valence-electron chi connectivity index (χ4n) is 3.79. The minimum absolute atomic E-state index is 0.111. The van der Waals surface area contributed by atoms with E-state index in [1.54, 1.807) is 24.4 Å². The summed E-state index contributed by atoms with van der Waals surface area (Å²) in [5.41, 5.74) is 6.62. The maximum absolute atomic E-state index is 13.9. The average Bonchev–Trinajstić information content (AvgIpc) is 2.94. The molecule has 2 aromatic rings. The molecule has 7 nitrogen and oxygen atoms in total. The lowest BCUT2D eigenvalue weighted by Crippen LogP contribution is -2.52. The van der Waals surface area contributed by atoms with E-state index in [9.17, 15) is 22.8 Å². The number of carbonyl (C=O) groups is 2. The molecule has 2 heterocycles. The fourth-order valence-corrected chi connectivity index (χ4v) is 3.79. The van der Waals surface area contributed by atoms with E-state index in [2.05, 4.69) is 5.32 Å². The van der Waals surface area contributed by atoms with Gasteiger partial charge in [-0.15, -0.1) is 0 Å². The van der Waals surface area contributed by atoms with E-state index < -0.39 is 29.5 Å². The minimum Gasteiger partial charge on any atom is -0.354 e. The Hall–Kier alpha value is -3.14. The van der Waals surface area contributed by atoms with Crippen molar-refractivity contribution in [2.45, 2.75) is 37.8 Å². The maximum atomic E-state index is 13.9. The molecule has 10 heteroatoms. The third kappa shape index (κ3) is 5.56. The van der Waals surface area contributed by atoms with Crippen LogP contribution >= 0.6 is 0 Å². The zero-order valence-corrected chi connectivity index (χ0v) is 17.7. The van der Waals surface area contributed by atoms with E-state index in [1.807, 2.05) is 0 Å². The van der Waals surface area contributed by atoms with Gasteiger partial charge in [-0.05, 0) is 30.5 Å². The number of aromatic nitrogens is 1. The van der Waals surface area contributed by atoms with Crippen LogP contribution in [0.5, 0.6) is 0 Å². The number of hydrogen-bond donors (Lipinski definition) is 2. The van der Waals surface area contributed by atoms with Gasteiger partial charge in [0.05, 0.1) is 6.42 Å². The van der Waals surface area contributed by atoms with Crippen molar-refractivity contribution < 1.29 is 32.3 Å². The molecule has 0 radical (unpaired) electrons. The summed E-state index contributed by atoms with van der Waals surface area (Å²) in [7, 11) is 1.50. The van der Waals surface area contributed by atoms with E-state index in [-0.39, 0.29) is 36.6 Å². The molecular formula is C22H26F3N4O3+. The Morgan fingerprint density at radius 3 is 2.78 bits per heavy atom. The summed E-state index contributed by atoms with van der Waals surface area (Å²) in [6.07, 6.45) is 2.16. The fraction of sp³-hybridized carbons (Fsp3) is 0.409. The van der Waals surface area contributed by atoms with Gasteiger partial charge in [0.2, 0.25) is 23.7 Å². The van der Waals surface area contributed by atoms with E-state index in [1.165, 1.54) is 16.7 Å². The average molecular weight is 451 g/mol. The molecule has 0 unspecified atom stereocenters. The van der Waals surface area contributed by atoms with Crippen molar-refractivity contribution in [3.8, 4) is 0 Å². The Morgan fingerprint density at radius 2 is 2.03 bits per heavy atom. The van der Waals surface area contributed by atoms with Crippen LogP contribution in [0, 0.1) is 17.5 Å². The third-order valence-corrected chi connectivity index (χ3v) is 5.39. The van der Waals surface area contributed by atoms with Crippen LogP contribution in [0.3, 0.4) is 0 Å². The molecule has 2 atom stereocenters. The Morgan fingerprint density at radius 1 is 1.28 bits per heavy atom. The van der Waals surface area contributed by atoms with E-state index in [0.717, 1.165) is 6.07 Å². The number of rotatable bonds is 7. The molecule has 3 rings (SSSR count). The van der Waals surface area contributed by atoms with Crippen LogP contribution < -0.4 is 20.6 Å². The van der Waals surface area contributed by atoms with Crippen LogP contribution in [0.2, 0.25) is 0 Å². The lowest BCUT2D eigenvalue weighted by Gasteiger charge is -2.28. The lowest BCUT2D eigenvalue weighted by atomic mass is 10.0. The molecule has 1 aliphatic heterocycles. The van der Waals surface area contributed by atoms with Gasteiger partial charge < -0.3 is 16.0 Å². The first-order chi connectivity index (χ1) is 15.3. The Labute approximate surface area is 183 Å². The molecule has 0 spiro atoms. The number of benzene rings is 1. The smallest absolute Gasteiger partial charge is 0.243 e. The van der Waals surface area contributed by atoms with Gasteiger partial charge in [0.25, 0.3) is 0 Å². The predicted molar refractivity (Wildman–Crippen MR) is 109 cm³/mol. The summed E-state index contributed by atoms with van der Waals surface area (Å²) >= 11 is 0. The molecule has 172 valence electrons. The highest BCUT2D eigenvalue weighted by atomic mass is 19.2. The standard InChI is InChI=1S/C22H25F3N4O3/c1-32-29-8-3-2-5-16(29)12-20-22(31)27-6-4-7-28(20)21(30)11-15(26)9-14-10-18(24)19(25)13-17(14)23/h2-3,5,8,10,13,15,20H,4,6-7,9,11-12,26H2,1H3/p+1/t15-,20-/m1/s1. The third-order valence-electron chi connectivity index (χ3n) is 5.39. The van der Waals surface area contributed by atoms with Gasteiger partial charge in [-0.1, -0.05) is 0 Å². The van der Waals surface area contributed by atoms with Gasteiger partial charge >= 0.3 is 0 Å². The molecule has 3 N–H and O–H groups in total. The van der Waals surface area contributed by atoms with Gasteiger partial charge in [0.1, 0.15) is 19.0 Å². The highest BCUT2D eigenvalue weighted by Gasteiger charge is 2.34. The van der Waals surface area contributed by atoms with Crippen molar-refractivity contribution in [3.63, 3.8) is 0 Å². The van der Waals surface area contributed by atoms with E-state index in [4.69, 9.17) is 10.6 Å². The Bertz CT molecular complexity index is 989. The monoisotopic (exact) mass is 451 g/mol. The van der Waals surface area contributed by atoms with E-state index in [0.29, 0.717) is 31.3 Å². The molecular weight excluding hydrogens is 425 g/mol. The van der Waals surface area contributed by atoms with Crippen molar-refractivity contribution in [3.05, 3.63) is 65.2 Å². The normalized spacial score (nSPS) is 17.5. The van der Waals surface area contributed by atoms with E-state index >= 15 is 0 Å². The first kappa shape index (κ1) is 23.5. The molecule has 0 bridgehead atoms. The number of amides is 2. The second kappa shape index (κ2) is 10.4. The number of nitrogens with one attached hydrogen (secondary N) is 1.